The van der Waals surface area contributed by atoms with Crippen molar-refractivity contribution < 1.29 is 19.1 Å². The van der Waals surface area contributed by atoms with Crippen molar-refractivity contribution in [3.8, 4) is 5.75 Å². The van der Waals surface area contributed by atoms with Crippen LogP contribution in [0, 0.1) is 0 Å². The molecule has 0 bridgehead atoms. The maximum atomic E-state index is 11.4. The van der Waals surface area contributed by atoms with Crippen LogP contribution in [0.5, 0.6) is 5.75 Å². The molecule has 1 aromatic rings. The van der Waals surface area contributed by atoms with E-state index >= 15 is 0 Å². The summed E-state index contributed by atoms with van der Waals surface area (Å²) in [7, 11) is 0. The second-order valence-corrected chi connectivity index (χ2v) is 4.52. The lowest BCUT2D eigenvalue weighted by molar-refractivity contribution is -0.149. The fraction of sp³-hybridized carbons (Fsp3) is 0.429. The zero-order chi connectivity index (χ0) is 15.0. The minimum atomic E-state index is -0.488. The zero-order valence-electron chi connectivity index (χ0n) is 11.7. The fourth-order valence-corrected chi connectivity index (χ4v) is 1.44. The minimum Gasteiger partial charge on any atom is -0.491 e. The summed E-state index contributed by atoms with van der Waals surface area (Å²) in [6.45, 7) is 3.54. The average Bonchev–Trinajstić information content (AvgIpc) is 2.38. The van der Waals surface area contributed by atoms with Gasteiger partial charge in [-0.25, -0.2) is 0 Å². The Labute approximate surface area is 118 Å². The number of esters is 1. The first-order valence-electron chi connectivity index (χ1n) is 6.41. The van der Waals surface area contributed by atoms with Crippen LogP contribution in [0.15, 0.2) is 24.3 Å². The smallest absolute Gasteiger partial charge is 0.309 e. The molecule has 1 amide bonds. The lowest BCUT2D eigenvalue weighted by atomic mass is 10.3. The van der Waals surface area contributed by atoms with Gasteiger partial charge in [-0.05, 0) is 26.0 Å². The van der Waals surface area contributed by atoms with Crippen molar-refractivity contribution in [3.05, 3.63) is 24.3 Å². The van der Waals surface area contributed by atoms with Gasteiger partial charge < -0.3 is 20.5 Å². The number of hydrogen-bond acceptors (Lipinski definition) is 5. The molecule has 1 aromatic carbocycles. The zero-order valence-corrected chi connectivity index (χ0v) is 11.7. The van der Waals surface area contributed by atoms with Crippen LogP contribution in [0.25, 0.3) is 0 Å². The van der Waals surface area contributed by atoms with E-state index in [0.29, 0.717) is 11.4 Å². The number of ether oxygens (including phenoxy) is 2. The maximum Gasteiger partial charge on any atom is 0.309 e. The van der Waals surface area contributed by atoms with E-state index < -0.39 is 5.97 Å². The summed E-state index contributed by atoms with van der Waals surface area (Å²) >= 11 is 0. The number of amides is 1. The Morgan fingerprint density at radius 2 is 2.00 bits per heavy atom. The highest BCUT2D eigenvalue weighted by Gasteiger charge is 2.09. The number of nitrogens with two attached hydrogens (primary N) is 1. The first-order chi connectivity index (χ1) is 9.49. The third kappa shape index (κ3) is 6.08. The predicted molar refractivity (Wildman–Crippen MR) is 75.2 cm³/mol. The van der Waals surface area contributed by atoms with Crippen LogP contribution < -0.4 is 15.8 Å². The van der Waals surface area contributed by atoms with Gasteiger partial charge in [-0.3, -0.25) is 9.59 Å². The topological polar surface area (TPSA) is 90.6 Å². The molecule has 0 fully saturated rings. The summed E-state index contributed by atoms with van der Waals surface area (Å²) in [5.74, 6) is -0.280. The number of benzene rings is 1. The van der Waals surface area contributed by atoms with Gasteiger partial charge >= 0.3 is 5.97 Å². The standard InChI is InChI=1S/C14H20N2O4/c1-10(2)16-13(17)9-20-14(18)7-8-19-12-6-4-3-5-11(12)15/h3-6,10H,7-9,15H2,1-2H3,(H,16,17). The van der Waals surface area contributed by atoms with Crippen molar-refractivity contribution in [2.75, 3.05) is 18.9 Å². The van der Waals surface area contributed by atoms with Crippen molar-refractivity contribution in [2.24, 2.45) is 0 Å². The molecule has 0 saturated heterocycles. The molecule has 0 radical (unpaired) electrons. The van der Waals surface area contributed by atoms with Gasteiger partial charge in [0, 0.05) is 6.04 Å². The molecule has 6 heteroatoms. The number of hydrogen-bond donors (Lipinski definition) is 2. The molecular weight excluding hydrogens is 260 g/mol. The van der Waals surface area contributed by atoms with Crippen molar-refractivity contribution >= 4 is 17.6 Å². The number of anilines is 1. The lowest BCUT2D eigenvalue weighted by Gasteiger charge is -2.10. The number of nitrogen functional groups attached to an aromatic ring is 1. The summed E-state index contributed by atoms with van der Waals surface area (Å²) < 4.78 is 10.2. The van der Waals surface area contributed by atoms with E-state index in [1.807, 2.05) is 13.8 Å². The van der Waals surface area contributed by atoms with Gasteiger partial charge in [-0.2, -0.15) is 0 Å². The van der Waals surface area contributed by atoms with Crippen molar-refractivity contribution in [3.63, 3.8) is 0 Å². The number of rotatable bonds is 7. The van der Waals surface area contributed by atoms with Gasteiger partial charge in [0.2, 0.25) is 0 Å². The minimum absolute atomic E-state index is 0.0191. The number of carbonyl (C=O) groups is 2. The SMILES string of the molecule is CC(C)NC(=O)COC(=O)CCOc1ccccc1N. The summed E-state index contributed by atoms with van der Waals surface area (Å²) in [6.07, 6.45) is 0.0588. The van der Waals surface area contributed by atoms with Crippen LogP contribution in [0.4, 0.5) is 5.69 Å². The van der Waals surface area contributed by atoms with Gasteiger partial charge in [0.1, 0.15) is 5.75 Å². The van der Waals surface area contributed by atoms with E-state index in [2.05, 4.69) is 5.32 Å². The number of carbonyl (C=O) groups excluding carboxylic acids is 2. The predicted octanol–water partition coefficient (Wildman–Crippen LogP) is 1.11. The Bertz CT molecular complexity index is 460. The third-order valence-electron chi connectivity index (χ3n) is 2.30. The molecule has 0 aliphatic rings. The largest absolute Gasteiger partial charge is 0.491 e. The molecule has 0 aromatic heterocycles. The van der Waals surface area contributed by atoms with E-state index in [0.717, 1.165) is 0 Å². The van der Waals surface area contributed by atoms with Gasteiger partial charge in [0.25, 0.3) is 5.91 Å². The molecule has 0 atom stereocenters. The summed E-state index contributed by atoms with van der Waals surface area (Å²) in [5.41, 5.74) is 6.20. The first kappa shape index (κ1) is 15.8. The van der Waals surface area contributed by atoms with Crippen LogP contribution in [-0.2, 0) is 14.3 Å². The number of nitrogens with one attached hydrogen (secondary N) is 1. The van der Waals surface area contributed by atoms with Gasteiger partial charge in [-0.15, -0.1) is 0 Å². The maximum absolute atomic E-state index is 11.4. The van der Waals surface area contributed by atoms with Crippen molar-refractivity contribution in [1.82, 2.24) is 5.32 Å². The molecule has 6 nitrogen and oxygen atoms in total. The molecule has 0 heterocycles. The quantitative estimate of drug-likeness (QED) is 0.576. The van der Waals surface area contributed by atoms with E-state index in [9.17, 15) is 9.59 Å². The Morgan fingerprint density at radius 3 is 2.65 bits per heavy atom. The Hall–Kier alpha value is -2.24. The van der Waals surface area contributed by atoms with Crippen LogP contribution in [0.2, 0.25) is 0 Å². The Morgan fingerprint density at radius 1 is 1.30 bits per heavy atom. The molecule has 0 aliphatic heterocycles. The molecule has 0 saturated carbocycles. The highest BCUT2D eigenvalue weighted by molar-refractivity contribution is 5.80. The fourth-order valence-electron chi connectivity index (χ4n) is 1.44. The van der Waals surface area contributed by atoms with Crippen molar-refractivity contribution in [2.45, 2.75) is 26.3 Å². The molecule has 0 unspecified atom stereocenters. The molecule has 20 heavy (non-hydrogen) atoms. The van der Waals surface area contributed by atoms with Crippen molar-refractivity contribution in [1.29, 1.82) is 0 Å². The summed E-state index contributed by atoms with van der Waals surface area (Å²) in [5, 5.41) is 2.62. The van der Waals surface area contributed by atoms with Crippen LogP contribution in [0.3, 0.4) is 0 Å². The van der Waals surface area contributed by atoms with E-state index in [1.54, 1.807) is 24.3 Å². The van der Waals surface area contributed by atoms with Gasteiger partial charge in [0.15, 0.2) is 6.61 Å². The molecule has 0 aliphatic carbocycles. The monoisotopic (exact) mass is 280 g/mol. The van der Waals surface area contributed by atoms with E-state index in [4.69, 9.17) is 15.2 Å². The second-order valence-electron chi connectivity index (χ2n) is 4.52. The third-order valence-corrected chi connectivity index (χ3v) is 2.30. The summed E-state index contributed by atoms with van der Waals surface area (Å²) in [6, 6.07) is 7.04. The Balaban J connectivity index is 2.21. The number of para-hydroxylation sites is 2. The van der Waals surface area contributed by atoms with Crippen LogP contribution >= 0.6 is 0 Å². The molecular formula is C14H20N2O4. The highest BCUT2D eigenvalue weighted by atomic mass is 16.5. The average molecular weight is 280 g/mol. The lowest BCUT2D eigenvalue weighted by Crippen LogP contribution is -2.34. The van der Waals surface area contributed by atoms with E-state index in [1.165, 1.54) is 0 Å². The Kier molecular flexibility index (Phi) is 6.36. The highest BCUT2D eigenvalue weighted by Crippen LogP contribution is 2.19. The molecule has 110 valence electrons. The normalized spacial score (nSPS) is 10.2. The molecule has 1 rings (SSSR count). The van der Waals surface area contributed by atoms with Crippen LogP contribution in [-0.4, -0.2) is 31.1 Å². The van der Waals surface area contributed by atoms with Gasteiger partial charge in [-0.1, -0.05) is 12.1 Å². The summed E-state index contributed by atoms with van der Waals surface area (Å²) in [4.78, 5) is 22.7. The second kappa shape index (κ2) is 8.04. The van der Waals surface area contributed by atoms with Gasteiger partial charge in [0.05, 0.1) is 18.7 Å². The van der Waals surface area contributed by atoms with Crippen LogP contribution in [0.1, 0.15) is 20.3 Å². The van der Waals surface area contributed by atoms with E-state index in [-0.39, 0.29) is 31.6 Å². The molecule has 3 N–H and O–H groups in total. The molecule has 0 spiro atoms. The first-order valence-corrected chi connectivity index (χ1v) is 6.41.